The van der Waals surface area contributed by atoms with Gasteiger partial charge < -0.3 is 9.80 Å². The molecule has 5 rings (SSSR count). The van der Waals surface area contributed by atoms with Crippen LogP contribution in [0.2, 0.25) is 5.02 Å². The molecule has 158 valence electrons. The van der Waals surface area contributed by atoms with Gasteiger partial charge in [-0.2, -0.15) is 5.26 Å². The van der Waals surface area contributed by atoms with Gasteiger partial charge in [0.25, 0.3) is 11.8 Å². The van der Waals surface area contributed by atoms with Crippen molar-refractivity contribution in [1.29, 1.82) is 5.26 Å². The van der Waals surface area contributed by atoms with Crippen molar-refractivity contribution in [3.63, 3.8) is 0 Å². The molecule has 2 aliphatic rings. The molecular formula is C25H18ClN3O2S. The molecule has 2 aliphatic heterocycles. The minimum absolute atomic E-state index is 0.163. The van der Waals surface area contributed by atoms with Crippen LogP contribution in [-0.2, 0) is 16.2 Å². The van der Waals surface area contributed by atoms with Gasteiger partial charge in [0.1, 0.15) is 0 Å². The first-order valence-corrected chi connectivity index (χ1v) is 11.5. The average molecular weight is 460 g/mol. The number of anilines is 1. The molecule has 0 N–H and O–H groups in total. The summed E-state index contributed by atoms with van der Waals surface area (Å²) in [5.41, 5.74) is 3.40. The van der Waals surface area contributed by atoms with Crippen LogP contribution in [0, 0.1) is 11.3 Å². The molecule has 1 saturated heterocycles. The Bertz CT molecular complexity index is 1270. The van der Waals surface area contributed by atoms with Gasteiger partial charge in [-0.25, -0.2) is 0 Å². The Morgan fingerprint density at radius 2 is 1.91 bits per heavy atom. The van der Waals surface area contributed by atoms with Gasteiger partial charge in [-0.05, 0) is 48.0 Å². The van der Waals surface area contributed by atoms with E-state index in [0.717, 1.165) is 16.8 Å². The molecule has 5 nitrogen and oxygen atoms in total. The standard InChI is InChI=1S/C25H18ClN3O2S/c26-20-9-10-22-21(14-20)25(24(31)28(22)16-18-6-4-5-17(13-18)15-27)29(11-12-32-25)23(30)19-7-2-1-3-8-19/h1-10,13-14H,11-12,16H2/t25-/m0/s1. The molecular weight excluding hydrogens is 442 g/mol. The van der Waals surface area contributed by atoms with Gasteiger partial charge in [-0.15, -0.1) is 11.8 Å². The number of fused-ring (bicyclic) bond motifs is 2. The number of halogens is 1. The fraction of sp³-hybridized carbons (Fsp3) is 0.160. The minimum atomic E-state index is -1.15. The maximum absolute atomic E-state index is 14.0. The molecule has 0 bridgehead atoms. The molecule has 2 amide bonds. The highest BCUT2D eigenvalue weighted by molar-refractivity contribution is 8.01. The lowest BCUT2D eigenvalue weighted by Crippen LogP contribution is -2.50. The molecule has 1 atom stereocenters. The lowest BCUT2D eigenvalue weighted by atomic mass is 10.0. The highest BCUT2D eigenvalue weighted by atomic mass is 35.5. The largest absolute Gasteiger partial charge is 0.311 e. The third-order valence-electron chi connectivity index (χ3n) is 5.82. The van der Waals surface area contributed by atoms with Crippen molar-refractivity contribution >= 4 is 40.9 Å². The van der Waals surface area contributed by atoms with E-state index < -0.39 is 4.87 Å². The molecule has 7 heteroatoms. The van der Waals surface area contributed by atoms with Gasteiger partial charge in [0.15, 0.2) is 4.87 Å². The number of nitrogens with zero attached hydrogens (tertiary/aromatic N) is 3. The van der Waals surface area contributed by atoms with Crippen molar-refractivity contribution in [2.24, 2.45) is 0 Å². The van der Waals surface area contributed by atoms with Crippen LogP contribution in [-0.4, -0.2) is 29.0 Å². The summed E-state index contributed by atoms with van der Waals surface area (Å²) in [6.45, 7) is 0.770. The van der Waals surface area contributed by atoms with Crippen molar-refractivity contribution < 1.29 is 9.59 Å². The van der Waals surface area contributed by atoms with E-state index in [-0.39, 0.29) is 11.8 Å². The van der Waals surface area contributed by atoms with Crippen molar-refractivity contribution in [2.75, 3.05) is 17.2 Å². The number of nitriles is 1. The number of benzene rings is 3. The number of hydrogen-bond acceptors (Lipinski definition) is 4. The van der Waals surface area contributed by atoms with Crippen molar-refractivity contribution in [3.05, 3.63) is 100 Å². The van der Waals surface area contributed by atoms with Crippen molar-refractivity contribution in [1.82, 2.24) is 4.90 Å². The summed E-state index contributed by atoms with van der Waals surface area (Å²) in [5.74, 6) is 0.306. The van der Waals surface area contributed by atoms with E-state index in [1.165, 1.54) is 11.8 Å². The Morgan fingerprint density at radius 3 is 2.69 bits per heavy atom. The average Bonchev–Trinajstić information content (AvgIpc) is 3.36. The summed E-state index contributed by atoms with van der Waals surface area (Å²) in [5, 5.41) is 9.76. The fourth-order valence-corrected chi connectivity index (χ4v) is 6.03. The van der Waals surface area contributed by atoms with E-state index >= 15 is 0 Å². The molecule has 3 aromatic carbocycles. The minimum Gasteiger partial charge on any atom is -0.311 e. The van der Waals surface area contributed by atoms with Crippen molar-refractivity contribution in [3.8, 4) is 6.07 Å². The van der Waals surface area contributed by atoms with Crippen LogP contribution >= 0.6 is 23.4 Å². The van der Waals surface area contributed by atoms with Gasteiger partial charge in [-0.3, -0.25) is 9.59 Å². The normalized spacial score (nSPS) is 19.3. The van der Waals surface area contributed by atoms with Crippen LogP contribution in [0.15, 0.2) is 72.8 Å². The van der Waals surface area contributed by atoms with Gasteiger partial charge in [-0.1, -0.05) is 41.9 Å². The van der Waals surface area contributed by atoms with Crippen LogP contribution < -0.4 is 4.90 Å². The number of carbonyl (C=O) groups excluding carboxylic acids is 2. The van der Waals surface area contributed by atoms with Crippen LogP contribution in [0.4, 0.5) is 5.69 Å². The van der Waals surface area contributed by atoms with Gasteiger partial charge in [0.2, 0.25) is 0 Å². The summed E-state index contributed by atoms with van der Waals surface area (Å²) in [6, 6.07) is 23.8. The highest BCUT2D eigenvalue weighted by Gasteiger charge is 2.59. The third kappa shape index (κ3) is 3.17. The Balaban J connectivity index is 1.60. The van der Waals surface area contributed by atoms with Gasteiger partial charge in [0.05, 0.1) is 23.9 Å². The summed E-state index contributed by atoms with van der Waals surface area (Å²) in [4.78, 5) is 29.7. The number of amides is 2. The number of hydrogen-bond donors (Lipinski definition) is 0. The second-order valence-corrected chi connectivity index (χ2v) is 9.40. The number of carbonyl (C=O) groups is 2. The molecule has 0 aromatic heterocycles. The van der Waals surface area contributed by atoms with Crippen molar-refractivity contribution in [2.45, 2.75) is 11.4 Å². The lowest BCUT2D eigenvalue weighted by molar-refractivity contribution is -0.123. The summed E-state index contributed by atoms with van der Waals surface area (Å²) in [6.07, 6.45) is 0. The Kier molecular flexibility index (Phi) is 5.16. The zero-order valence-corrected chi connectivity index (χ0v) is 18.6. The molecule has 1 spiro atoms. The van der Waals surface area contributed by atoms with E-state index in [1.807, 2.05) is 36.4 Å². The fourth-order valence-electron chi connectivity index (χ4n) is 4.40. The SMILES string of the molecule is N#Cc1cccc(CN2C(=O)[C@@]3(SCCN3C(=O)c3ccccc3)c3cc(Cl)ccc32)c1. The zero-order valence-electron chi connectivity index (χ0n) is 17.0. The number of thioether (sulfide) groups is 1. The summed E-state index contributed by atoms with van der Waals surface area (Å²) >= 11 is 7.81. The molecule has 2 heterocycles. The van der Waals surface area contributed by atoms with Crippen LogP contribution in [0.5, 0.6) is 0 Å². The van der Waals surface area contributed by atoms with E-state index in [2.05, 4.69) is 6.07 Å². The predicted molar refractivity (Wildman–Crippen MR) is 125 cm³/mol. The van der Waals surface area contributed by atoms with Crippen LogP contribution in [0.25, 0.3) is 0 Å². The molecule has 0 saturated carbocycles. The monoisotopic (exact) mass is 459 g/mol. The van der Waals surface area contributed by atoms with E-state index in [0.29, 0.717) is 35.0 Å². The second-order valence-electron chi connectivity index (χ2n) is 7.68. The maximum atomic E-state index is 14.0. The summed E-state index contributed by atoms with van der Waals surface area (Å²) < 4.78 is 0. The third-order valence-corrected chi connectivity index (χ3v) is 7.47. The highest BCUT2D eigenvalue weighted by Crippen LogP contribution is 2.55. The smallest absolute Gasteiger partial charge is 0.268 e. The quantitative estimate of drug-likeness (QED) is 0.564. The number of rotatable bonds is 3. The van der Waals surface area contributed by atoms with Gasteiger partial charge >= 0.3 is 0 Å². The first kappa shape index (κ1) is 20.6. The first-order valence-electron chi connectivity index (χ1n) is 10.2. The summed E-state index contributed by atoms with van der Waals surface area (Å²) in [7, 11) is 0. The molecule has 0 unspecified atom stereocenters. The Labute approximate surface area is 195 Å². The molecule has 3 aromatic rings. The molecule has 0 aliphatic carbocycles. The topological polar surface area (TPSA) is 64.4 Å². The van der Waals surface area contributed by atoms with E-state index in [1.54, 1.807) is 46.2 Å². The van der Waals surface area contributed by atoms with E-state index in [9.17, 15) is 14.9 Å². The maximum Gasteiger partial charge on any atom is 0.268 e. The van der Waals surface area contributed by atoms with Gasteiger partial charge in [0, 0.05) is 28.4 Å². The van der Waals surface area contributed by atoms with Crippen LogP contribution in [0.3, 0.4) is 0 Å². The Hall–Kier alpha value is -3.27. The predicted octanol–water partition coefficient (Wildman–Crippen LogP) is 4.80. The molecule has 32 heavy (non-hydrogen) atoms. The lowest BCUT2D eigenvalue weighted by Gasteiger charge is -2.33. The van der Waals surface area contributed by atoms with E-state index in [4.69, 9.17) is 11.6 Å². The Morgan fingerprint density at radius 1 is 1.09 bits per heavy atom. The zero-order chi connectivity index (χ0) is 22.3. The second kappa shape index (κ2) is 8.01. The molecule has 0 radical (unpaired) electrons. The molecule has 1 fully saturated rings. The first-order chi connectivity index (χ1) is 15.5. The van der Waals surface area contributed by atoms with Crippen LogP contribution in [0.1, 0.15) is 27.0 Å².